The van der Waals surface area contributed by atoms with Crippen molar-refractivity contribution < 1.29 is 0 Å². The molecule has 0 amide bonds. The molecule has 2 rings (SSSR count). The second kappa shape index (κ2) is 5.58. The predicted octanol–water partition coefficient (Wildman–Crippen LogP) is 2.70. The first-order valence-electron chi connectivity index (χ1n) is 8.39. The molecule has 0 radical (unpaired) electrons. The van der Waals surface area contributed by atoms with Gasteiger partial charge < -0.3 is 5.73 Å². The fraction of sp³-hybridized carbons (Fsp3) is 1.00. The maximum Gasteiger partial charge on any atom is 0.0333 e. The normalized spacial score (nSPS) is 28.5. The highest BCUT2D eigenvalue weighted by Gasteiger charge is 2.43. The lowest BCUT2D eigenvalue weighted by Crippen LogP contribution is -2.63. The minimum absolute atomic E-state index is 0.291. The lowest BCUT2D eigenvalue weighted by molar-refractivity contribution is -0.0273. The maximum absolute atomic E-state index is 6.22. The van der Waals surface area contributed by atoms with Gasteiger partial charge in [0.05, 0.1) is 0 Å². The lowest BCUT2D eigenvalue weighted by Gasteiger charge is -2.53. The van der Waals surface area contributed by atoms with Crippen molar-refractivity contribution in [2.24, 2.45) is 11.1 Å². The molecule has 0 aromatic carbocycles. The molecule has 1 aliphatic heterocycles. The average Bonchev–Trinajstić information content (AvgIpc) is 2.39. The molecule has 0 aromatic rings. The summed E-state index contributed by atoms with van der Waals surface area (Å²) in [6, 6.07) is 0. The van der Waals surface area contributed by atoms with Crippen molar-refractivity contribution in [3.8, 4) is 0 Å². The Balaban J connectivity index is 1.98. The molecular weight excluding hydrogens is 246 g/mol. The van der Waals surface area contributed by atoms with E-state index < -0.39 is 0 Å². The third-order valence-electron chi connectivity index (χ3n) is 5.81. The first-order chi connectivity index (χ1) is 9.19. The SMILES string of the molecule is CC1(C)CCC(CN)(N2CCN(C(C)(C)C)CC2)CC1. The van der Waals surface area contributed by atoms with E-state index in [9.17, 15) is 0 Å². The quantitative estimate of drug-likeness (QED) is 0.844. The number of hydrogen-bond acceptors (Lipinski definition) is 3. The van der Waals surface area contributed by atoms with E-state index in [-0.39, 0.29) is 0 Å². The summed E-state index contributed by atoms with van der Waals surface area (Å²) in [5.74, 6) is 0. The van der Waals surface area contributed by atoms with Crippen LogP contribution < -0.4 is 5.73 Å². The van der Waals surface area contributed by atoms with Gasteiger partial charge in [0.15, 0.2) is 0 Å². The van der Waals surface area contributed by atoms with Gasteiger partial charge in [0.2, 0.25) is 0 Å². The van der Waals surface area contributed by atoms with Gasteiger partial charge in [0, 0.05) is 43.8 Å². The molecule has 2 N–H and O–H groups in total. The van der Waals surface area contributed by atoms with Crippen LogP contribution in [0.2, 0.25) is 0 Å². The van der Waals surface area contributed by atoms with Crippen LogP contribution in [0.1, 0.15) is 60.3 Å². The molecule has 0 spiro atoms. The maximum atomic E-state index is 6.22. The van der Waals surface area contributed by atoms with Crippen LogP contribution in [0.3, 0.4) is 0 Å². The monoisotopic (exact) mass is 281 g/mol. The molecule has 3 heteroatoms. The Kier molecular flexibility index (Phi) is 4.54. The third kappa shape index (κ3) is 3.37. The Hall–Kier alpha value is -0.120. The standard InChI is InChI=1S/C17H35N3/c1-15(2,3)19-10-12-20(13-11-19)17(14-18)8-6-16(4,5)7-9-17/h6-14,18H2,1-5H3. The largest absolute Gasteiger partial charge is 0.329 e. The van der Waals surface area contributed by atoms with E-state index in [0.717, 1.165) is 6.54 Å². The van der Waals surface area contributed by atoms with Gasteiger partial charge in [-0.2, -0.15) is 0 Å². The van der Waals surface area contributed by atoms with Gasteiger partial charge in [-0.15, -0.1) is 0 Å². The van der Waals surface area contributed by atoms with Crippen LogP contribution in [0.4, 0.5) is 0 Å². The first kappa shape index (κ1) is 16.3. The Labute approximate surface area is 125 Å². The summed E-state index contributed by atoms with van der Waals surface area (Å²) in [7, 11) is 0. The van der Waals surface area contributed by atoms with Gasteiger partial charge in [-0.25, -0.2) is 0 Å². The van der Waals surface area contributed by atoms with Crippen LogP contribution >= 0.6 is 0 Å². The second-order valence-corrected chi connectivity index (χ2v) is 8.74. The predicted molar refractivity (Wildman–Crippen MR) is 86.9 cm³/mol. The number of nitrogens with zero attached hydrogens (tertiary/aromatic N) is 2. The summed E-state index contributed by atoms with van der Waals surface area (Å²) in [6.45, 7) is 17.4. The van der Waals surface area contributed by atoms with E-state index >= 15 is 0 Å². The Bertz CT molecular complexity index is 312. The fourth-order valence-corrected chi connectivity index (χ4v) is 3.89. The highest BCUT2D eigenvalue weighted by molar-refractivity contribution is 5.00. The Morgan fingerprint density at radius 2 is 1.40 bits per heavy atom. The summed E-state index contributed by atoms with van der Waals surface area (Å²) >= 11 is 0. The number of piperazine rings is 1. The smallest absolute Gasteiger partial charge is 0.0333 e. The molecule has 0 unspecified atom stereocenters. The summed E-state index contributed by atoms with van der Waals surface area (Å²) in [5.41, 5.74) is 7.34. The molecule has 1 saturated heterocycles. The zero-order valence-electron chi connectivity index (χ0n) is 14.3. The van der Waals surface area contributed by atoms with Gasteiger partial charge in [-0.05, 0) is 51.9 Å². The molecular formula is C17H35N3. The molecule has 0 bridgehead atoms. The van der Waals surface area contributed by atoms with Gasteiger partial charge in [0.25, 0.3) is 0 Å². The van der Waals surface area contributed by atoms with Crippen molar-refractivity contribution in [3.63, 3.8) is 0 Å². The van der Waals surface area contributed by atoms with Crippen molar-refractivity contribution in [1.29, 1.82) is 0 Å². The van der Waals surface area contributed by atoms with E-state index in [1.54, 1.807) is 0 Å². The van der Waals surface area contributed by atoms with E-state index in [0.29, 0.717) is 16.5 Å². The Morgan fingerprint density at radius 3 is 1.80 bits per heavy atom. The number of rotatable bonds is 2. The van der Waals surface area contributed by atoms with Crippen molar-refractivity contribution in [2.45, 2.75) is 71.4 Å². The summed E-state index contributed by atoms with van der Waals surface area (Å²) in [6.07, 6.45) is 5.21. The van der Waals surface area contributed by atoms with Crippen LogP contribution in [0.5, 0.6) is 0 Å². The minimum atomic E-state index is 0.291. The van der Waals surface area contributed by atoms with E-state index in [2.05, 4.69) is 44.4 Å². The molecule has 20 heavy (non-hydrogen) atoms. The summed E-state index contributed by atoms with van der Waals surface area (Å²) < 4.78 is 0. The summed E-state index contributed by atoms with van der Waals surface area (Å²) in [4.78, 5) is 5.32. The fourth-order valence-electron chi connectivity index (χ4n) is 3.89. The molecule has 1 aliphatic carbocycles. The molecule has 0 atom stereocenters. The highest BCUT2D eigenvalue weighted by Crippen LogP contribution is 2.43. The van der Waals surface area contributed by atoms with Gasteiger partial charge >= 0.3 is 0 Å². The third-order valence-corrected chi connectivity index (χ3v) is 5.81. The van der Waals surface area contributed by atoms with Crippen molar-refractivity contribution in [1.82, 2.24) is 9.80 Å². The second-order valence-electron chi connectivity index (χ2n) is 8.74. The summed E-state index contributed by atoms with van der Waals surface area (Å²) in [5, 5.41) is 0. The van der Waals surface area contributed by atoms with Crippen molar-refractivity contribution in [3.05, 3.63) is 0 Å². The van der Waals surface area contributed by atoms with E-state index in [1.807, 2.05) is 0 Å². The van der Waals surface area contributed by atoms with Gasteiger partial charge in [0.1, 0.15) is 0 Å². The minimum Gasteiger partial charge on any atom is -0.329 e. The Morgan fingerprint density at radius 1 is 0.900 bits per heavy atom. The molecule has 3 nitrogen and oxygen atoms in total. The lowest BCUT2D eigenvalue weighted by atomic mass is 9.68. The van der Waals surface area contributed by atoms with Gasteiger partial charge in [-0.1, -0.05) is 13.8 Å². The van der Waals surface area contributed by atoms with Crippen LogP contribution in [0.25, 0.3) is 0 Å². The van der Waals surface area contributed by atoms with Crippen LogP contribution in [0, 0.1) is 5.41 Å². The van der Waals surface area contributed by atoms with Crippen molar-refractivity contribution in [2.75, 3.05) is 32.7 Å². The zero-order valence-corrected chi connectivity index (χ0v) is 14.3. The molecule has 2 fully saturated rings. The molecule has 0 aromatic heterocycles. The van der Waals surface area contributed by atoms with E-state index in [4.69, 9.17) is 5.73 Å². The van der Waals surface area contributed by atoms with E-state index in [1.165, 1.54) is 51.9 Å². The van der Waals surface area contributed by atoms with Crippen LogP contribution in [0.15, 0.2) is 0 Å². The van der Waals surface area contributed by atoms with Gasteiger partial charge in [-0.3, -0.25) is 9.80 Å². The van der Waals surface area contributed by atoms with Crippen LogP contribution in [-0.2, 0) is 0 Å². The average molecular weight is 281 g/mol. The topological polar surface area (TPSA) is 32.5 Å². The molecule has 2 aliphatic rings. The molecule has 1 heterocycles. The van der Waals surface area contributed by atoms with Crippen molar-refractivity contribution >= 4 is 0 Å². The van der Waals surface area contributed by atoms with Crippen LogP contribution in [-0.4, -0.2) is 53.6 Å². The molecule has 118 valence electrons. The first-order valence-corrected chi connectivity index (χ1v) is 8.39. The highest BCUT2D eigenvalue weighted by atomic mass is 15.3. The number of nitrogens with two attached hydrogens (primary N) is 1. The zero-order chi connectivity index (χ0) is 15.0. The number of hydrogen-bond donors (Lipinski definition) is 1. The molecule has 1 saturated carbocycles.